The summed E-state index contributed by atoms with van der Waals surface area (Å²) in [6.07, 6.45) is 3.07. The van der Waals surface area contributed by atoms with E-state index in [4.69, 9.17) is 14.2 Å². The Kier molecular flexibility index (Phi) is 3.49. The van der Waals surface area contributed by atoms with E-state index in [1.807, 2.05) is 30.3 Å². The van der Waals surface area contributed by atoms with E-state index in [1.165, 1.54) is 6.08 Å². The maximum atomic E-state index is 12.4. The summed E-state index contributed by atoms with van der Waals surface area (Å²) in [5.41, 5.74) is -0.112. The normalized spacial score (nSPS) is 34.7. The number of rotatable bonds is 4. The zero-order valence-corrected chi connectivity index (χ0v) is 11.7. The van der Waals surface area contributed by atoms with Crippen LogP contribution in [-0.2, 0) is 30.4 Å². The van der Waals surface area contributed by atoms with Crippen LogP contribution in [0.15, 0.2) is 42.5 Å². The first-order valence-corrected chi connectivity index (χ1v) is 6.77. The number of carbonyl (C=O) groups excluding carboxylic acids is 2. The van der Waals surface area contributed by atoms with E-state index in [0.29, 0.717) is 12.9 Å². The third-order valence-electron chi connectivity index (χ3n) is 3.57. The fourth-order valence-electron chi connectivity index (χ4n) is 2.39. The first-order valence-electron chi connectivity index (χ1n) is 6.77. The van der Waals surface area contributed by atoms with Crippen molar-refractivity contribution in [1.29, 1.82) is 0 Å². The molecule has 1 spiro atoms. The predicted octanol–water partition coefficient (Wildman–Crippen LogP) is 1.41. The third kappa shape index (κ3) is 2.55. The van der Waals surface area contributed by atoms with E-state index in [0.717, 1.165) is 5.56 Å². The quantitative estimate of drug-likeness (QED) is 0.619. The topological polar surface area (TPSA) is 61.8 Å². The van der Waals surface area contributed by atoms with E-state index in [2.05, 4.69) is 0 Å². The van der Waals surface area contributed by atoms with Gasteiger partial charge in [0.1, 0.15) is 11.7 Å². The predicted molar refractivity (Wildman–Crippen MR) is 73.4 cm³/mol. The molecule has 1 aliphatic heterocycles. The van der Waals surface area contributed by atoms with Crippen molar-refractivity contribution < 1.29 is 23.8 Å². The zero-order valence-electron chi connectivity index (χ0n) is 11.7. The lowest BCUT2D eigenvalue weighted by atomic mass is 10.1. The Hall–Kier alpha value is -1.82. The summed E-state index contributed by atoms with van der Waals surface area (Å²) in [6, 6.07) is 9.58. The molecule has 0 amide bonds. The van der Waals surface area contributed by atoms with Crippen LogP contribution in [0.4, 0.5) is 0 Å². The Balaban J connectivity index is 1.65. The molecule has 0 bridgehead atoms. The van der Waals surface area contributed by atoms with Crippen molar-refractivity contribution in [2.24, 2.45) is 0 Å². The second-order valence-corrected chi connectivity index (χ2v) is 5.43. The minimum absolute atomic E-state index is 0.0536. The molecule has 1 aliphatic carbocycles. The van der Waals surface area contributed by atoms with E-state index >= 15 is 0 Å². The van der Waals surface area contributed by atoms with Crippen molar-refractivity contribution in [3.63, 3.8) is 0 Å². The van der Waals surface area contributed by atoms with Crippen LogP contribution in [-0.4, -0.2) is 36.2 Å². The van der Waals surface area contributed by atoms with Crippen LogP contribution in [0.25, 0.3) is 0 Å². The van der Waals surface area contributed by atoms with Gasteiger partial charge >= 0.3 is 0 Å². The highest BCUT2D eigenvalue weighted by atomic mass is 16.8. The molecular weight excluding hydrogens is 272 g/mol. The van der Waals surface area contributed by atoms with Crippen LogP contribution < -0.4 is 0 Å². The van der Waals surface area contributed by atoms with Crippen LogP contribution in [0.2, 0.25) is 0 Å². The monoisotopic (exact) mass is 288 g/mol. The second-order valence-electron chi connectivity index (χ2n) is 5.43. The Morgan fingerprint density at radius 2 is 2.14 bits per heavy atom. The van der Waals surface area contributed by atoms with Crippen molar-refractivity contribution in [1.82, 2.24) is 0 Å². The highest BCUT2D eigenvalue weighted by Gasteiger charge is 2.56. The Labute approximate surface area is 122 Å². The van der Waals surface area contributed by atoms with Crippen LogP contribution in [0.5, 0.6) is 0 Å². The molecule has 5 heteroatoms. The largest absolute Gasteiger partial charge is 0.361 e. The van der Waals surface area contributed by atoms with E-state index in [-0.39, 0.29) is 12.4 Å². The maximum Gasteiger partial charge on any atom is 0.253 e. The highest BCUT2D eigenvalue weighted by Crippen LogP contribution is 2.37. The van der Waals surface area contributed by atoms with Gasteiger partial charge < -0.3 is 19.0 Å². The minimum Gasteiger partial charge on any atom is -0.361 e. The van der Waals surface area contributed by atoms with Crippen LogP contribution in [0, 0.1) is 0 Å². The van der Waals surface area contributed by atoms with Crippen LogP contribution >= 0.6 is 0 Å². The first kappa shape index (κ1) is 14.1. The fraction of sp³-hybridized carbons (Fsp3) is 0.375. The third-order valence-corrected chi connectivity index (χ3v) is 3.57. The molecule has 5 nitrogen and oxygen atoms in total. The van der Waals surface area contributed by atoms with Crippen molar-refractivity contribution in [3.05, 3.63) is 48.0 Å². The number of hydrogen-bond acceptors (Lipinski definition) is 5. The van der Waals surface area contributed by atoms with Gasteiger partial charge in [0, 0.05) is 0 Å². The molecule has 1 heterocycles. The van der Waals surface area contributed by atoms with Gasteiger partial charge in [-0.2, -0.15) is 0 Å². The minimum atomic E-state index is -1.48. The summed E-state index contributed by atoms with van der Waals surface area (Å²) in [6.45, 7) is 1.97. The van der Waals surface area contributed by atoms with E-state index in [9.17, 15) is 9.59 Å². The van der Waals surface area contributed by atoms with Gasteiger partial charge in [0.2, 0.25) is 5.78 Å². The molecular formula is C16H16O5. The number of ketones is 1. The number of aldehydes is 1. The summed E-state index contributed by atoms with van der Waals surface area (Å²) >= 11 is 0. The van der Waals surface area contributed by atoms with Crippen molar-refractivity contribution in [2.45, 2.75) is 31.0 Å². The lowest BCUT2D eigenvalue weighted by Crippen LogP contribution is -2.42. The molecule has 110 valence electrons. The van der Waals surface area contributed by atoms with Crippen molar-refractivity contribution in [3.8, 4) is 0 Å². The standard InChI is InChI=1S/C16H16O5/c1-15(10-17)11-20-16(21-15)8-7-13(14(16)18)19-9-12-5-3-2-4-6-12/h2-8,10,13H,9,11H2,1H3/t13?,15?,16-/m1/s1. The SMILES string of the molecule is CC1(C=O)CO[C@]2(C=CC(OCc3ccccc3)C2=O)O1. The van der Waals surface area contributed by atoms with Crippen LogP contribution in [0.3, 0.4) is 0 Å². The molecule has 21 heavy (non-hydrogen) atoms. The molecule has 1 saturated heterocycles. The highest BCUT2D eigenvalue weighted by molar-refractivity contribution is 5.97. The summed E-state index contributed by atoms with van der Waals surface area (Å²) in [7, 11) is 0. The van der Waals surface area contributed by atoms with E-state index < -0.39 is 17.5 Å². The lowest BCUT2D eigenvalue weighted by Gasteiger charge is -2.22. The van der Waals surface area contributed by atoms with Gasteiger partial charge in [-0.1, -0.05) is 30.3 Å². The van der Waals surface area contributed by atoms with E-state index in [1.54, 1.807) is 13.0 Å². The van der Waals surface area contributed by atoms with Gasteiger partial charge in [-0.15, -0.1) is 0 Å². The molecule has 3 rings (SSSR count). The smallest absolute Gasteiger partial charge is 0.253 e. The average molecular weight is 288 g/mol. The second kappa shape index (κ2) is 5.18. The lowest BCUT2D eigenvalue weighted by molar-refractivity contribution is -0.179. The molecule has 0 N–H and O–H groups in total. The number of carbonyl (C=O) groups is 2. The molecule has 0 aromatic heterocycles. The Morgan fingerprint density at radius 3 is 2.81 bits per heavy atom. The Morgan fingerprint density at radius 1 is 1.38 bits per heavy atom. The van der Waals surface area contributed by atoms with Crippen molar-refractivity contribution in [2.75, 3.05) is 6.61 Å². The molecule has 1 fully saturated rings. The van der Waals surface area contributed by atoms with Gasteiger partial charge in [0.05, 0.1) is 13.2 Å². The summed E-state index contributed by atoms with van der Waals surface area (Å²) in [5.74, 6) is -1.80. The van der Waals surface area contributed by atoms with Gasteiger partial charge in [-0.3, -0.25) is 4.79 Å². The summed E-state index contributed by atoms with van der Waals surface area (Å²) in [5, 5.41) is 0. The molecule has 3 atom stereocenters. The molecule has 0 saturated carbocycles. The molecule has 1 aromatic rings. The first-order chi connectivity index (χ1) is 10.1. The van der Waals surface area contributed by atoms with Gasteiger partial charge in [-0.25, -0.2) is 0 Å². The number of hydrogen-bond donors (Lipinski definition) is 0. The average Bonchev–Trinajstić information content (AvgIpc) is 3.01. The molecule has 0 radical (unpaired) electrons. The van der Waals surface area contributed by atoms with Crippen LogP contribution in [0.1, 0.15) is 12.5 Å². The number of Topliss-reactive ketones (excluding diaryl/α,β-unsaturated/α-hetero) is 1. The Bertz CT molecular complexity index is 582. The number of benzene rings is 1. The summed E-state index contributed by atoms with van der Waals surface area (Å²) < 4.78 is 16.6. The van der Waals surface area contributed by atoms with Gasteiger partial charge in [-0.05, 0) is 24.6 Å². The fourth-order valence-corrected chi connectivity index (χ4v) is 2.39. The van der Waals surface area contributed by atoms with Gasteiger partial charge in [0.15, 0.2) is 6.29 Å². The zero-order chi connectivity index (χ0) is 14.9. The molecule has 2 aliphatic rings. The summed E-state index contributed by atoms with van der Waals surface area (Å²) in [4.78, 5) is 23.4. The number of ether oxygens (including phenoxy) is 3. The van der Waals surface area contributed by atoms with Gasteiger partial charge in [0.25, 0.3) is 5.79 Å². The molecule has 1 aromatic carbocycles. The maximum absolute atomic E-state index is 12.4. The molecule has 2 unspecified atom stereocenters. The van der Waals surface area contributed by atoms with Crippen molar-refractivity contribution >= 4 is 12.1 Å².